The number of nitro benzene ring substituents is 1. The topological polar surface area (TPSA) is 122 Å². The zero-order chi connectivity index (χ0) is 27.1. The molecule has 0 spiro atoms. The number of nitrogens with zero attached hydrogens (tertiary/aromatic N) is 2. The number of rotatable bonds is 8. The molecule has 188 valence electrons. The lowest BCUT2D eigenvalue weighted by atomic mass is 10.1. The third kappa shape index (κ3) is 6.26. The van der Waals surface area contributed by atoms with Gasteiger partial charge in [0.25, 0.3) is 11.6 Å². The van der Waals surface area contributed by atoms with E-state index in [0.717, 1.165) is 0 Å². The molecule has 1 atom stereocenters. The summed E-state index contributed by atoms with van der Waals surface area (Å²) in [6.45, 7) is 0. The summed E-state index contributed by atoms with van der Waals surface area (Å²) in [6, 6.07) is 28.4. The van der Waals surface area contributed by atoms with Gasteiger partial charge < -0.3 is 10.1 Å². The maximum absolute atomic E-state index is 13.4. The van der Waals surface area contributed by atoms with Crippen molar-refractivity contribution in [1.82, 2.24) is 0 Å². The Morgan fingerprint density at radius 2 is 1.61 bits per heavy atom. The first-order chi connectivity index (χ1) is 18.4. The first-order valence-corrected chi connectivity index (χ1v) is 12.7. The Morgan fingerprint density at radius 1 is 0.947 bits per heavy atom. The molecule has 4 aromatic rings. The summed E-state index contributed by atoms with van der Waals surface area (Å²) in [5, 5.41) is 23.1. The van der Waals surface area contributed by atoms with Crippen molar-refractivity contribution in [3.05, 3.63) is 128 Å². The third-order valence-electron chi connectivity index (χ3n) is 5.32. The van der Waals surface area contributed by atoms with Crippen LogP contribution in [-0.2, 0) is 9.53 Å². The minimum Gasteiger partial charge on any atom is -0.444 e. The van der Waals surface area contributed by atoms with Crippen molar-refractivity contribution in [3.8, 4) is 6.07 Å². The van der Waals surface area contributed by atoms with E-state index >= 15 is 0 Å². The second-order valence-electron chi connectivity index (χ2n) is 7.81. The van der Waals surface area contributed by atoms with Gasteiger partial charge in [0, 0.05) is 32.0 Å². The van der Waals surface area contributed by atoms with E-state index in [1.807, 2.05) is 0 Å². The molecule has 8 nitrogen and oxygen atoms in total. The molecule has 0 saturated carbocycles. The summed E-state index contributed by atoms with van der Waals surface area (Å²) in [6.07, 6.45) is -1.31. The largest absolute Gasteiger partial charge is 0.444 e. The summed E-state index contributed by atoms with van der Waals surface area (Å²) >= 11 is 4.49. The van der Waals surface area contributed by atoms with Crippen LogP contribution in [0.5, 0.6) is 0 Å². The predicted molar refractivity (Wildman–Crippen MR) is 146 cm³/mol. The number of anilines is 1. The number of hydrogen-bond acceptors (Lipinski definition) is 7. The molecular weight excluding hydrogens is 570 g/mol. The van der Waals surface area contributed by atoms with E-state index in [2.05, 4.69) is 27.3 Å². The van der Waals surface area contributed by atoms with Gasteiger partial charge in [-0.3, -0.25) is 14.9 Å². The number of halogens is 1. The van der Waals surface area contributed by atoms with Gasteiger partial charge >= 0.3 is 5.97 Å². The highest BCUT2D eigenvalue weighted by molar-refractivity contribution is 9.10. The number of carbonyl (C=O) groups excluding carboxylic acids is 2. The molecule has 0 aliphatic rings. The second kappa shape index (κ2) is 12.2. The number of carbonyl (C=O) groups is 2. The first-order valence-electron chi connectivity index (χ1n) is 11.1. The third-order valence-corrected chi connectivity index (χ3v) is 7.13. The van der Waals surface area contributed by atoms with E-state index < -0.39 is 22.9 Å². The highest BCUT2D eigenvalue weighted by atomic mass is 79.9. The van der Waals surface area contributed by atoms with Crippen molar-refractivity contribution >= 4 is 50.9 Å². The Bertz CT molecular complexity index is 1560. The quantitative estimate of drug-likeness (QED) is 0.135. The van der Waals surface area contributed by atoms with E-state index in [9.17, 15) is 25.0 Å². The van der Waals surface area contributed by atoms with Crippen molar-refractivity contribution < 1.29 is 19.2 Å². The normalized spacial score (nSPS) is 11.2. The van der Waals surface area contributed by atoms with Crippen molar-refractivity contribution in [2.75, 3.05) is 5.32 Å². The van der Waals surface area contributed by atoms with Gasteiger partial charge in [-0.25, -0.2) is 4.79 Å². The molecule has 0 aliphatic heterocycles. The van der Waals surface area contributed by atoms with Gasteiger partial charge in [-0.1, -0.05) is 66.4 Å². The Hall–Kier alpha value is -4.46. The summed E-state index contributed by atoms with van der Waals surface area (Å²) in [4.78, 5) is 38.4. The maximum atomic E-state index is 13.4. The number of esters is 1. The minimum atomic E-state index is -1.31. The van der Waals surface area contributed by atoms with E-state index in [0.29, 0.717) is 25.4 Å². The average Bonchev–Trinajstić information content (AvgIpc) is 2.93. The van der Waals surface area contributed by atoms with Crippen LogP contribution in [0.2, 0.25) is 0 Å². The first kappa shape index (κ1) is 26.6. The van der Waals surface area contributed by atoms with Crippen LogP contribution < -0.4 is 5.32 Å². The fourth-order valence-electron chi connectivity index (χ4n) is 3.48. The molecule has 10 heteroatoms. The molecular formula is C28H18BrN3O5S. The Balaban J connectivity index is 1.62. The van der Waals surface area contributed by atoms with Gasteiger partial charge in [0.05, 0.1) is 21.7 Å². The standard InChI is InChI=1S/C28H18BrN3O5S/c29-22-16-20(32(35)36)14-15-23(22)31-27(33)26(18-8-2-1-3-9-18)37-28(34)21-11-5-7-13-25(21)38-24-12-6-4-10-19(24)17-30/h1-16,26H,(H,31,33). The number of ether oxygens (including phenoxy) is 1. The summed E-state index contributed by atoms with van der Waals surface area (Å²) < 4.78 is 6.04. The lowest BCUT2D eigenvalue weighted by Crippen LogP contribution is -2.26. The zero-order valence-electron chi connectivity index (χ0n) is 19.5. The molecule has 0 heterocycles. The molecule has 1 N–H and O–H groups in total. The maximum Gasteiger partial charge on any atom is 0.340 e. The number of nitro groups is 1. The number of non-ortho nitro benzene ring substituents is 1. The van der Waals surface area contributed by atoms with Gasteiger partial charge in [0.1, 0.15) is 6.07 Å². The second-order valence-corrected chi connectivity index (χ2v) is 9.75. The molecule has 0 aliphatic carbocycles. The van der Waals surface area contributed by atoms with E-state index in [4.69, 9.17) is 4.74 Å². The molecule has 4 rings (SSSR count). The highest BCUT2D eigenvalue weighted by Gasteiger charge is 2.28. The number of nitriles is 1. The van der Waals surface area contributed by atoms with Crippen molar-refractivity contribution in [1.29, 1.82) is 5.26 Å². The molecule has 4 aromatic carbocycles. The summed E-state index contributed by atoms with van der Waals surface area (Å²) in [5.74, 6) is -1.37. The van der Waals surface area contributed by atoms with Crippen LogP contribution >= 0.6 is 27.7 Å². The minimum absolute atomic E-state index is 0.145. The number of hydrogen-bond donors (Lipinski definition) is 1. The monoisotopic (exact) mass is 587 g/mol. The summed E-state index contributed by atoms with van der Waals surface area (Å²) in [5.41, 5.74) is 1.28. The SMILES string of the molecule is N#Cc1ccccc1Sc1ccccc1C(=O)OC(C(=O)Nc1ccc([N+](=O)[O-])cc1Br)c1ccccc1. The van der Waals surface area contributed by atoms with Gasteiger partial charge in [-0.2, -0.15) is 5.26 Å². The van der Waals surface area contributed by atoms with Crippen molar-refractivity contribution in [3.63, 3.8) is 0 Å². The van der Waals surface area contributed by atoms with Gasteiger partial charge in [-0.05, 0) is 46.3 Å². The van der Waals surface area contributed by atoms with Gasteiger partial charge in [0.2, 0.25) is 6.10 Å². The van der Waals surface area contributed by atoms with E-state index in [-0.39, 0.29) is 16.9 Å². The van der Waals surface area contributed by atoms with Crippen LogP contribution in [0.25, 0.3) is 0 Å². The van der Waals surface area contributed by atoms with Crippen molar-refractivity contribution in [2.45, 2.75) is 15.9 Å². The Kier molecular flexibility index (Phi) is 8.53. The highest BCUT2D eigenvalue weighted by Crippen LogP contribution is 2.34. The van der Waals surface area contributed by atoms with Crippen molar-refractivity contribution in [2.24, 2.45) is 0 Å². The Morgan fingerprint density at radius 3 is 2.29 bits per heavy atom. The lowest BCUT2D eigenvalue weighted by Gasteiger charge is -2.19. The molecule has 1 amide bonds. The van der Waals surface area contributed by atoms with Gasteiger partial charge in [0.15, 0.2) is 0 Å². The van der Waals surface area contributed by atoms with E-state index in [1.165, 1.54) is 30.0 Å². The molecule has 0 bridgehead atoms. The van der Waals surface area contributed by atoms with Crippen LogP contribution in [0.1, 0.15) is 27.6 Å². The number of benzene rings is 4. The van der Waals surface area contributed by atoms with Crippen LogP contribution in [0.15, 0.2) is 111 Å². The fourth-order valence-corrected chi connectivity index (χ4v) is 4.96. The van der Waals surface area contributed by atoms with Crippen LogP contribution in [-0.4, -0.2) is 16.8 Å². The lowest BCUT2D eigenvalue weighted by molar-refractivity contribution is -0.384. The number of amides is 1. The molecule has 0 radical (unpaired) electrons. The number of nitrogens with one attached hydrogen (secondary N) is 1. The average molecular weight is 588 g/mol. The van der Waals surface area contributed by atoms with Crippen LogP contribution in [0.3, 0.4) is 0 Å². The molecule has 0 saturated heterocycles. The fraction of sp³-hybridized carbons (Fsp3) is 0.0357. The zero-order valence-corrected chi connectivity index (χ0v) is 21.9. The predicted octanol–water partition coefficient (Wildman–Crippen LogP) is 6.92. The van der Waals surface area contributed by atoms with Crippen LogP contribution in [0, 0.1) is 21.4 Å². The van der Waals surface area contributed by atoms with Gasteiger partial charge in [-0.15, -0.1) is 0 Å². The van der Waals surface area contributed by atoms with Crippen LogP contribution in [0.4, 0.5) is 11.4 Å². The Labute approximate surface area is 230 Å². The smallest absolute Gasteiger partial charge is 0.340 e. The molecule has 1 unspecified atom stereocenters. The summed E-state index contributed by atoms with van der Waals surface area (Å²) in [7, 11) is 0. The molecule has 38 heavy (non-hydrogen) atoms. The van der Waals surface area contributed by atoms with E-state index in [1.54, 1.807) is 78.9 Å². The molecule has 0 aromatic heterocycles. The molecule has 0 fully saturated rings.